The maximum atomic E-state index is 5.37. The first-order valence-corrected chi connectivity index (χ1v) is 12.1. The Hall–Kier alpha value is 0.163. The quantitative estimate of drug-likeness (QED) is 0.637. The largest absolute Gasteiger partial charge is 0.168 e. The van der Waals surface area contributed by atoms with Gasteiger partial charge in [0.25, 0.3) is 0 Å². The van der Waals surface area contributed by atoms with Crippen LogP contribution in [0.3, 0.4) is 0 Å². The molecule has 2 rings (SSSR count). The van der Waals surface area contributed by atoms with Crippen molar-refractivity contribution in [3.8, 4) is 0 Å². The fraction of sp³-hybridized carbons (Fsp3) is 0.0909. The molecule has 0 saturated heterocycles. The molecule has 74 valence electrons. The van der Waals surface area contributed by atoms with E-state index < -0.39 is 18.9 Å². The third-order valence-electron chi connectivity index (χ3n) is 1.77. The topological polar surface area (TPSA) is 0 Å². The standard InChI is InChI=1S/C9H7.C2H4.2ClH.Zr/c1-2-5-9-7-3-6-8(9)4-1;1-2;;;/h1-7H;1H,2H3;2*1H;/q-1;;;;+2/p-2. The number of hydrogen-bond donors (Lipinski definition) is 0. The maximum absolute atomic E-state index is 5.37. The molecule has 0 atom stereocenters. The van der Waals surface area contributed by atoms with Crippen LogP contribution in [0.25, 0.3) is 10.8 Å². The molecular weight excluding hydrogens is 294 g/mol. The molecule has 3 heteroatoms. The summed E-state index contributed by atoms with van der Waals surface area (Å²) < 4.78 is 1.89. The summed E-state index contributed by atoms with van der Waals surface area (Å²) in [7, 11) is 10.7. The fourth-order valence-corrected chi connectivity index (χ4v) is 1.07. The van der Waals surface area contributed by atoms with Gasteiger partial charge < -0.3 is 0 Å². The third kappa shape index (κ3) is 4.13. The van der Waals surface area contributed by atoms with E-state index in [1.807, 2.05) is 10.6 Å². The van der Waals surface area contributed by atoms with E-state index in [0.29, 0.717) is 0 Å². The van der Waals surface area contributed by atoms with E-state index in [-0.39, 0.29) is 0 Å². The Balaban J connectivity index is 0.000000171. The van der Waals surface area contributed by atoms with Gasteiger partial charge in [0.2, 0.25) is 0 Å². The Bertz CT molecular complexity index is 384. The Kier molecular flexibility index (Phi) is 5.78. The zero-order valence-corrected chi connectivity index (χ0v) is 11.8. The summed E-state index contributed by atoms with van der Waals surface area (Å²) in [5.74, 6) is 0. The van der Waals surface area contributed by atoms with Crippen molar-refractivity contribution in [1.82, 2.24) is 0 Å². The van der Waals surface area contributed by atoms with Crippen LogP contribution in [0.4, 0.5) is 0 Å². The molecule has 2 aromatic rings. The summed E-state index contributed by atoms with van der Waals surface area (Å²) >= 11 is -1.76. The van der Waals surface area contributed by atoms with Gasteiger partial charge in [-0.25, -0.2) is 0 Å². The van der Waals surface area contributed by atoms with Gasteiger partial charge in [-0.15, -0.1) is 29.7 Å². The molecule has 0 aliphatic carbocycles. The molecule has 0 amide bonds. The second-order valence-corrected chi connectivity index (χ2v) is 11.5. The Morgan fingerprint density at radius 3 is 2.43 bits per heavy atom. The molecule has 0 saturated carbocycles. The second kappa shape index (κ2) is 6.61. The molecule has 0 nitrogen and oxygen atoms in total. The van der Waals surface area contributed by atoms with E-state index in [0.717, 1.165) is 0 Å². The summed E-state index contributed by atoms with van der Waals surface area (Å²) in [5, 5.41) is 2.66. The zero-order valence-electron chi connectivity index (χ0n) is 7.87. The van der Waals surface area contributed by atoms with Crippen molar-refractivity contribution in [2.24, 2.45) is 0 Å². The molecule has 0 N–H and O–H groups in total. The Labute approximate surface area is 99.1 Å². The summed E-state index contributed by atoms with van der Waals surface area (Å²) in [6.45, 7) is 1.90. The number of benzene rings is 1. The van der Waals surface area contributed by atoms with Gasteiger partial charge in [-0.3, -0.25) is 0 Å². The summed E-state index contributed by atoms with van der Waals surface area (Å²) in [4.78, 5) is 0. The van der Waals surface area contributed by atoms with Gasteiger partial charge in [0.1, 0.15) is 0 Å². The number of halogens is 2. The van der Waals surface area contributed by atoms with Crippen molar-refractivity contribution in [2.45, 2.75) is 6.92 Å². The molecule has 2 aromatic carbocycles. The predicted molar refractivity (Wildman–Crippen MR) is 63.0 cm³/mol. The first-order chi connectivity index (χ1) is 6.74. The van der Waals surface area contributed by atoms with Crippen molar-refractivity contribution in [3.05, 3.63) is 42.5 Å². The van der Waals surface area contributed by atoms with Crippen LogP contribution < -0.4 is 0 Å². The number of rotatable bonds is 0. The van der Waals surface area contributed by atoms with Gasteiger partial charge in [-0.05, 0) is 0 Å². The summed E-state index contributed by atoms with van der Waals surface area (Å²) in [5.41, 5.74) is 0. The van der Waals surface area contributed by atoms with Gasteiger partial charge in [0, 0.05) is 0 Å². The summed E-state index contributed by atoms with van der Waals surface area (Å²) in [6, 6.07) is 14.7. The van der Waals surface area contributed by atoms with Crippen LogP contribution in [0.2, 0.25) is 0 Å². The maximum Gasteiger partial charge on any atom is -0.0809 e. The number of hydrogen-bond acceptors (Lipinski definition) is 0. The second-order valence-electron chi connectivity index (χ2n) is 2.73. The van der Waals surface area contributed by atoms with Gasteiger partial charge in [-0.2, -0.15) is 17.5 Å². The van der Waals surface area contributed by atoms with Crippen LogP contribution in [0.1, 0.15) is 6.92 Å². The average Bonchev–Trinajstić information content (AvgIpc) is 2.66. The van der Waals surface area contributed by atoms with E-state index >= 15 is 0 Å². The van der Waals surface area contributed by atoms with Crippen molar-refractivity contribution >= 4 is 31.5 Å². The van der Waals surface area contributed by atoms with Crippen LogP contribution in [0.15, 0.2) is 42.5 Å². The van der Waals surface area contributed by atoms with Gasteiger partial charge in [0.15, 0.2) is 0 Å². The molecule has 0 heterocycles. The molecule has 0 aromatic heterocycles. The first-order valence-electron chi connectivity index (χ1n) is 4.32. The molecule has 0 fully saturated rings. The van der Waals surface area contributed by atoms with Crippen molar-refractivity contribution in [3.63, 3.8) is 0 Å². The molecular formula is C11H11Cl2Zr-. The Morgan fingerprint density at radius 2 is 1.86 bits per heavy atom. The molecule has 0 spiro atoms. The molecule has 0 aliphatic rings. The molecule has 0 unspecified atom stereocenters. The number of fused-ring (bicyclic) bond motifs is 1. The molecule has 14 heavy (non-hydrogen) atoms. The Morgan fingerprint density at radius 1 is 1.21 bits per heavy atom. The third-order valence-corrected chi connectivity index (χ3v) is 5.42. The van der Waals surface area contributed by atoms with Crippen molar-refractivity contribution in [2.75, 3.05) is 0 Å². The van der Waals surface area contributed by atoms with Crippen LogP contribution in [-0.2, 0) is 18.9 Å². The van der Waals surface area contributed by atoms with E-state index in [4.69, 9.17) is 17.0 Å². The minimum Gasteiger partial charge on any atom is -0.168 e. The van der Waals surface area contributed by atoms with Crippen molar-refractivity contribution < 1.29 is 18.9 Å². The first kappa shape index (κ1) is 12.2. The minimum atomic E-state index is -1.76. The minimum absolute atomic E-state index is 1.33. The van der Waals surface area contributed by atoms with Crippen molar-refractivity contribution in [1.29, 1.82) is 0 Å². The van der Waals surface area contributed by atoms with E-state index in [1.54, 1.807) is 0 Å². The summed E-state index contributed by atoms with van der Waals surface area (Å²) in [6.07, 6.45) is 0. The van der Waals surface area contributed by atoms with Gasteiger partial charge in [0.05, 0.1) is 0 Å². The van der Waals surface area contributed by atoms with E-state index in [1.165, 1.54) is 10.8 Å². The smallest absolute Gasteiger partial charge is 0.0809 e. The monoisotopic (exact) mass is 303 g/mol. The molecule has 0 bridgehead atoms. The fourth-order valence-electron chi connectivity index (χ4n) is 1.07. The van der Waals surface area contributed by atoms with Crippen LogP contribution in [0.5, 0.6) is 0 Å². The van der Waals surface area contributed by atoms with Crippen LogP contribution in [0, 0.1) is 0 Å². The molecule has 0 radical (unpaired) electrons. The van der Waals surface area contributed by atoms with E-state index in [9.17, 15) is 0 Å². The molecule has 0 aliphatic heterocycles. The normalized spacial score (nSPS) is 9.07. The van der Waals surface area contributed by atoms with Gasteiger partial charge >= 0.3 is 46.5 Å². The average molecular weight is 305 g/mol. The predicted octanol–water partition coefficient (Wildman–Crippen LogP) is 4.29. The zero-order chi connectivity index (χ0) is 10.4. The van der Waals surface area contributed by atoms with Crippen LogP contribution in [-0.4, -0.2) is 3.71 Å². The van der Waals surface area contributed by atoms with Gasteiger partial charge in [-0.1, -0.05) is 6.07 Å². The van der Waals surface area contributed by atoms with Crippen LogP contribution >= 0.6 is 17.0 Å². The van der Waals surface area contributed by atoms with E-state index in [2.05, 4.69) is 42.5 Å². The SMILES string of the molecule is C[CH]=[Zr]([Cl])[Cl].c1ccc2[cH-]ccc2c1.